The molecule has 164 valence electrons. The van der Waals surface area contributed by atoms with Crippen LogP contribution in [0.25, 0.3) is 0 Å². The fourth-order valence-electron chi connectivity index (χ4n) is 7.10. The van der Waals surface area contributed by atoms with Gasteiger partial charge in [-0.3, -0.25) is 14.7 Å². The maximum atomic E-state index is 2.92. The lowest BCUT2D eigenvalue weighted by molar-refractivity contribution is -0.130. The van der Waals surface area contributed by atoms with Crippen LogP contribution in [-0.2, 0) is 0 Å². The van der Waals surface area contributed by atoms with Crippen molar-refractivity contribution in [2.75, 3.05) is 0 Å². The van der Waals surface area contributed by atoms with Gasteiger partial charge in [0.1, 0.15) is 6.29 Å². The lowest BCUT2D eigenvalue weighted by Gasteiger charge is -2.52. The first-order valence-corrected chi connectivity index (χ1v) is 12.3. The molecule has 28 heavy (non-hydrogen) atoms. The molecule has 0 spiro atoms. The zero-order valence-electron chi connectivity index (χ0n) is 20.8. The SMILES string of the molecule is C[C@@H]1[C@H](C)[C@H](C)N(C(N2[C@H](C)[C@H](C)[C@H](C)[C@@H]2C)N2[C@H](C)[C@H](C)[C@H](C)[C@@H]2C)[C@@H]1C. The van der Waals surface area contributed by atoms with Gasteiger partial charge in [-0.05, 0) is 77.0 Å². The lowest BCUT2D eigenvalue weighted by Crippen LogP contribution is -2.66. The fraction of sp³-hybridized carbons (Fsp3) is 1.00. The molecule has 3 aliphatic heterocycles. The first-order valence-electron chi connectivity index (χ1n) is 12.3. The summed E-state index contributed by atoms with van der Waals surface area (Å²) >= 11 is 0. The van der Waals surface area contributed by atoms with Crippen molar-refractivity contribution >= 4 is 0 Å². The number of hydrogen-bond acceptors (Lipinski definition) is 3. The van der Waals surface area contributed by atoms with Crippen molar-refractivity contribution < 1.29 is 0 Å². The first kappa shape index (κ1) is 22.6. The summed E-state index contributed by atoms with van der Waals surface area (Å²) in [6.45, 7) is 29.8. The molecule has 0 unspecified atom stereocenters. The number of rotatable bonds is 3. The molecule has 0 radical (unpaired) electrons. The molecule has 0 N–H and O–H groups in total. The van der Waals surface area contributed by atoms with Gasteiger partial charge in [0, 0.05) is 36.3 Å². The Morgan fingerprint density at radius 2 is 0.464 bits per heavy atom. The highest BCUT2D eigenvalue weighted by atomic mass is 15.6. The Bertz CT molecular complexity index is 432. The van der Waals surface area contributed by atoms with Crippen molar-refractivity contribution in [2.24, 2.45) is 35.5 Å². The van der Waals surface area contributed by atoms with E-state index in [1.165, 1.54) is 0 Å². The van der Waals surface area contributed by atoms with E-state index >= 15 is 0 Å². The van der Waals surface area contributed by atoms with Gasteiger partial charge in [-0.1, -0.05) is 41.5 Å². The largest absolute Gasteiger partial charge is 0.269 e. The van der Waals surface area contributed by atoms with Crippen LogP contribution < -0.4 is 0 Å². The first-order chi connectivity index (χ1) is 12.9. The molecule has 0 bridgehead atoms. The molecule has 0 aromatic rings. The summed E-state index contributed by atoms with van der Waals surface area (Å²) in [6.07, 6.45) is 0.423. The summed E-state index contributed by atoms with van der Waals surface area (Å²) in [5.74, 6) is 4.52. The Labute approximate surface area is 176 Å². The van der Waals surface area contributed by atoms with Gasteiger partial charge in [0.15, 0.2) is 0 Å². The Kier molecular flexibility index (Phi) is 6.33. The number of hydrogen-bond donors (Lipinski definition) is 0. The van der Waals surface area contributed by atoms with Crippen molar-refractivity contribution in [3.05, 3.63) is 0 Å². The zero-order chi connectivity index (χ0) is 21.2. The average molecular weight is 392 g/mol. The van der Waals surface area contributed by atoms with E-state index in [4.69, 9.17) is 0 Å². The number of nitrogens with zero attached hydrogens (tertiary/aromatic N) is 3. The van der Waals surface area contributed by atoms with Crippen molar-refractivity contribution in [1.29, 1.82) is 0 Å². The van der Waals surface area contributed by atoms with Gasteiger partial charge in [-0.15, -0.1) is 0 Å². The van der Waals surface area contributed by atoms with E-state index < -0.39 is 0 Å². The highest BCUT2D eigenvalue weighted by molar-refractivity contribution is 5.05. The molecule has 3 aliphatic rings. The maximum Gasteiger partial charge on any atom is 0.121 e. The van der Waals surface area contributed by atoms with Crippen LogP contribution in [0, 0.1) is 35.5 Å². The van der Waals surface area contributed by atoms with Crippen LogP contribution in [-0.4, -0.2) is 57.2 Å². The molecule has 3 heterocycles. The zero-order valence-corrected chi connectivity index (χ0v) is 20.8. The quantitative estimate of drug-likeness (QED) is 0.641. The van der Waals surface area contributed by atoms with Crippen LogP contribution in [0.3, 0.4) is 0 Å². The second-order valence-corrected chi connectivity index (χ2v) is 11.3. The summed E-state index contributed by atoms with van der Waals surface area (Å²) < 4.78 is 0. The van der Waals surface area contributed by atoms with Crippen LogP contribution in [0.5, 0.6) is 0 Å². The van der Waals surface area contributed by atoms with Crippen LogP contribution in [0.2, 0.25) is 0 Å². The monoisotopic (exact) mass is 391 g/mol. The minimum absolute atomic E-state index is 0.423. The third-order valence-electron chi connectivity index (χ3n) is 10.7. The summed E-state index contributed by atoms with van der Waals surface area (Å²) in [7, 11) is 0. The molecule has 0 aliphatic carbocycles. The van der Waals surface area contributed by atoms with E-state index in [9.17, 15) is 0 Å². The van der Waals surface area contributed by atoms with Crippen LogP contribution >= 0.6 is 0 Å². The van der Waals surface area contributed by atoms with Crippen LogP contribution in [0.15, 0.2) is 0 Å². The second-order valence-electron chi connectivity index (χ2n) is 11.3. The molecule has 3 saturated heterocycles. The summed E-state index contributed by atoms with van der Waals surface area (Å²) in [5, 5.41) is 0. The average Bonchev–Trinajstić information content (AvgIpc) is 3.06. The lowest BCUT2D eigenvalue weighted by atomic mass is 9.92. The Hall–Kier alpha value is -0.120. The molecule has 12 atom stereocenters. The molecule has 3 rings (SSSR count). The van der Waals surface area contributed by atoms with Gasteiger partial charge in [-0.25, -0.2) is 0 Å². The Balaban J connectivity index is 2.08. The fourth-order valence-corrected chi connectivity index (χ4v) is 7.10. The summed E-state index contributed by atoms with van der Waals surface area (Å²) in [4.78, 5) is 8.76. The summed E-state index contributed by atoms with van der Waals surface area (Å²) in [5.41, 5.74) is 0. The van der Waals surface area contributed by atoms with Gasteiger partial charge in [0.05, 0.1) is 0 Å². The van der Waals surface area contributed by atoms with Crippen LogP contribution in [0.4, 0.5) is 0 Å². The highest BCUT2D eigenvalue weighted by Crippen LogP contribution is 2.47. The minimum Gasteiger partial charge on any atom is -0.269 e. The third kappa shape index (κ3) is 3.10. The van der Waals surface area contributed by atoms with Crippen molar-refractivity contribution in [2.45, 2.75) is 126 Å². The molecular formula is C25H49N3. The molecule has 0 saturated carbocycles. The van der Waals surface area contributed by atoms with Gasteiger partial charge in [0.25, 0.3) is 0 Å². The van der Waals surface area contributed by atoms with Gasteiger partial charge in [-0.2, -0.15) is 0 Å². The molecule has 3 heteroatoms. The number of likely N-dealkylation sites (tertiary alicyclic amines) is 3. The normalized spacial score (nSPS) is 54.3. The Morgan fingerprint density at radius 1 is 0.321 bits per heavy atom. The van der Waals surface area contributed by atoms with E-state index in [1.807, 2.05) is 0 Å². The molecule has 3 fully saturated rings. The highest BCUT2D eigenvalue weighted by Gasteiger charge is 2.55. The second kappa shape index (κ2) is 7.85. The van der Waals surface area contributed by atoms with E-state index in [2.05, 4.69) is 97.8 Å². The van der Waals surface area contributed by atoms with Gasteiger partial charge >= 0.3 is 0 Å². The van der Waals surface area contributed by atoms with Gasteiger partial charge in [0.2, 0.25) is 0 Å². The maximum absolute atomic E-state index is 2.92. The van der Waals surface area contributed by atoms with Crippen molar-refractivity contribution in [3.63, 3.8) is 0 Å². The molecule has 0 aromatic heterocycles. The third-order valence-corrected chi connectivity index (χ3v) is 10.7. The van der Waals surface area contributed by atoms with E-state index in [-0.39, 0.29) is 0 Å². The predicted molar refractivity (Wildman–Crippen MR) is 121 cm³/mol. The molecule has 0 aromatic carbocycles. The topological polar surface area (TPSA) is 9.72 Å². The summed E-state index contributed by atoms with van der Waals surface area (Å²) in [6, 6.07) is 3.78. The molecular weight excluding hydrogens is 342 g/mol. The van der Waals surface area contributed by atoms with Crippen molar-refractivity contribution in [1.82, 2.24) is 14.7 Å². The van der Waals surface area contributed by atoms with Crippen LogP contribution in [0.1, 0.15) is 83.1 Å². The van der Waals surface area contributed by atoms with E-state index in [0.717, 1.165) is 35.5 Å². The Morgan fingerprint density at radius 3 is 0.607 bits per heavy atom. The van der Waals surface area contributed by atoms with Gasteiger partial charge < -0.3 is 0 Å². The van der Waals surface area contributed by atoms with E-state index in [1.54, 1.807) is 0 Å². The van der Waals surface area contributed by atoms with Crippen molar-refractivity contribution in [3.8, 4) is 0 Å². The standard InChI is InChI=1S/C25H49N3/c1-13-14(2)20(8)26(19(13)7)25(27-21(9)15(3)16(4)22(27)10)28-23(11)17(5)18(6)24(28)12/h13-25H,1-12H3/t13-,14+,15-,16+,17-,18+,19-,20+,21-,22+,23-,24+. The van der Waals surface area contributed by atoms with E-state index in [0.29, 0.717) is 42.5 Å². The smallest absolute Gasteiger partial charge is 0.121 e. The molecule has 0 amide bonds. The minimum atomic E-state index is 0.423. The molecule has 3 nitrogen and oxygen atoms in total. The predicted octanol–water partition coefficient (Wildman–Crippen LogP) is 5.36.